The van der Waals surface area contributed by atoms with Crippen LogP contribution in [0.1, 0.15) is 15.9 Å². The summed E-state index contributed by atoms with van der Waals surface area (Å²) in [5.41, 5.74) is 2.36. The standard InChI is InChI=1S/C15H13NSe/c1-12-7-9-13(10-8-12)15(11-16)17-14-5-3-2-4-6-14/h2-10,15H,1H3. The number of hydrogen-bond donors (Lipinski definition) is 0. The van der Waals surface area contributed by atoms with Crippen molar-refractivity contribution in [2.24, 2.45) is 0 Å². The van der Waals surface area contributed by atoms with Gasteiger partial charge < -0.3 is 0 Å². The summed E-state index contributed by atoms with van der Waals surface area (Å²) in [7, 11) is 0. The molecule has 2 aromatic carbocycles. The predicted octanol–water partition coefficient (Wildman–Crippen LogP) is 2.59. The molecular weight excluding hydrogens is 273 g/mol. The van der Waals surface area contributed by atoms with Crippen molar-refractivity contribution in [1.82, 2.24) is 0 Å². The van der Waals surface area contributed by atoms with E-state index in [9.17, 15) is 5.26 Å². The van der Waals surface area contributed by atoms with E-state index in [0.29, 0.717) is 0 Å². The van der Waals surface area contributed by atoms with Crippen LogP contribution in [-0.4, -0.2) is 15.0 Å². The van der Waals surface area contributed by atoms with Crippen molar-refractivity contribution < 1.29 is 0 Å². The van der Waals surface area contributed by atoms with Gasteiger partial charge in [0.2, 0.25) is 0 Å². The van der Waals surface area contributed by atoms with Crippen LogP contribution < -0.4 is 4.46 Å². The van der Waals surface area contributed by atoms with E-state index in [4.69, 9.17) is 0 Å². The molecule has 0 bridgehead atoms. The Morgan fingerprint density at radius 3 is 2.24 bits per heavy atom. The Labute approximate surface area is 108 Å². The molecule has 84 valence electrons. The fraction of sp³-hybridized carbons (Fsp3) is 0.133. The van der Waals surface area contributed by atoms with Gasteiger partial charge in [0, 0.05) is 0 Å². The second-order valence-corrected chi connectivity index (χ2v) is 6.32. The zero-order chi connectivity index (χ0) is 12.1. The number of aryl methyl sites for hydroxylation is 1. The van der Waals surface area contributed by atoms with Gasteiger partial charge in [-0.3, -0.25) is 0 Å². The molecule has 1 unspecified atom stereocenters. The van der Waals surface area contributed by atoms with Gasteiger partial charge in [-0.2, -0.15) is 0 Å². The molecule has 0 heterocycles. The van der Waals surface area contributed by atoms with E-state index in [0.717, 1.165) is 5.56 Å². The second kappa shape index (κ2) is 5.68. The summed E-state index contributed by atoms with van der Waals surface area (Å²) in [6.07, 6.45) is 0. The summed E-state index contributed by atoms with van der Waals surface area (Å²) in [5.74, 6) is 0. The number of nitrogens with zero attached hydrogens (tertiary/aromatic N) is 1. The molecule has 2 rings (SSSR count). The Morgan fingerprint density at radius 2 is 1.65 bits per heavy atom. The molecule has 0 aliphatic rings. The van der Waals surface area contributed by atoms with Gasteiger partial charge in [-0.1, -0.05) is 0 Å². The van der Waals surface area contributed by atoms with Gasteiger partial charge >= 0.3 is 108 Å². The van der Waals surface area contributed by atoms with E-state index < -0.39 is 0 Å². The topological polar surface area (TPSA) is 23.8 Å². The first-order valence-corrected chi connectivity index (χ1v) is 7.32. The molecule has 1 atom stereocenters. The van der Waals surface area contributed by atoms with Crippen molar-refractivity contribution in [3.63, 3.8) is 0 Å². The Morgan fingerprint density at radius 1 is 1.00 bits per heavy atom. The molecule has 2 heteroatoms. The normalized spacial score (nSPS) is 11.8. The van der Waals surface area contributed by atoms with Crippen LogP contribution in [0.3, 0.4) is 0 Å². The predicted molar refractivity (Wildman–Crippen MR) is 71.4 cm³/mol. The first-order valence-electron chi connectivity index (χ1n) is 5.47. The first-order chi connectivity index (χ1) is 8.29. The van der Waals surface area contributed by atoms with Crippen LogP contribution in [-0.2, 0) is 0 Å². The van der Waals surface area contributed by atoms with Crippen molar-refractivity contribution in [3.8, 4) is 6.07 Å². The second-order valence-electron chi connectivity index (χ2n) is 3.85. The molecule has 0 saturated carbocycles. The van der Waals surface area contributed by atoms with Gasteiger partial charge in [0.15, 0.2) is 0 Å². The Bertz CT molecular complexity index is 511. The van der Waals surface area contributed by atoms with Gasteiger partial charge in [0.05, 0.1) is 0 Å². The molecule has 1 nitrogen and oxygen atoms in total. The van der Waals surface area contributed by atoms with E-state index in [2.05, 4.69) is 49.4 Å². The van der Waals surface area contributed by atoms with Gasteiger partial charge in [-0.15, -0.1) is 0 Å². The SMILES string of the molecule is Cc1ccc(C(C#N)[Se]c2ccccc2)cc1. The minimum atomic E-state index is 0.00509. The van der Waals surface area contributed by atoms with Crippen LogP contribution in [0.2, 0.25) is 0 Å². The van der Waals surface area contributed by atoms with Crippen LogP contribution in [0.5, 0.6) is 0 Å². The summed E-state index contributed by atoms with van der Waals surface area (Å²) in [4.78, 5) is 0.00509. The van der Waals surface area contributed by atoms with Gasteiger partial charge in [-0.05, 0) is 0 Å². The molecule has 0 spiro atoms. The van der Waals surface area contributed by atoms with Gasteiger partial charge in [-0.25, -0.2) is 0 Å². The maximum absolute atomic E-state index is 9.28. The molecule has 0 aliphatic heterocycles. The molecule has 0 amide bonds. The van der Waals surface area contributed by atoms with Crippen LogP contribution in [0.4, 0.5) is 0 Å². The molecule has 0 aliphatic carbocycles. The van der Waals surface area contributed by atoms with Crippen molar-refractivity contribution in [2.45, 2.75) is 11.7 Å². The minimum absolute atomic E-state index is 0.00509. The van der Waals surface area contributed by atoms with Crippen LogP contribution in [0, 0.1) is 18.3 Å². The van der Waals surface area contributed by atoms with Crippen LogP contribution >= 0.6 is 0 Å². The molecule has 0 N–H and O–H groups in total. The molecule has 0 saturated heterocycles. The average Bonchev–Trinajstić information content (AvgIpc) is 2.38. The van der Waals surface area contributed by atoms with Gasteiger partial charge in [0.1, 0.15) is 0 Å². The fourth-order valence-corrected chi connectivity index (χ4v) is 3.50. The van der Waals surface area contributed by atoms with E-state index >= 15 is 0 Å². The third-order valence-corrected chi connectivity index (χ3v) is 4.92. The average molecular weight is 286 g/mol. The summed E-state index contributed by atoms with van der Waals surface area (Å²) >= 11 is 0.172. The van der Waals surface area contributed by atoms with Crippen molar-refractivity contribution in [3.05, 3.63) is 65.7 Å². The molecule has 0 radical (unpaired) electrons. The maximum atomic E-state index is 9.28. The third-order valence-electron chi connectivity index (χ3n) is 2.49. The van der Waals surface area contributed by atoms with Crippen LogP contribution in [0.15, 0.2) is 54.6 Å². The molecule has 17 heavy (non-hydrogen) atoms. The van der Waals surface area contributed by atoms with E-state index in [1.807, 2.05) is 18.2 Å². The Hall–Kier alpha value is -1.55. The third kappa shape index (κ3) is 3.20. The fourth-order valence-electron chi connectivity index (χ4n) is 1.55. The van der Waals surface area contributed by atoms with Crippen LogP contribution in [0.25, 0.3) is 0 Å². The summed E-state index contributed by atoms with van der Waals surface area (Å²) in [6.45, 7) is 2.06. The van der Waals surface area contributed by atoms with Gasteiger partial charge in [0.25, 0.3) is 0 Å². The molecule has 2 aromatic rings. The monoisotopic (exact) mass is 287 g/mol. The Kier molecular flexibility index (Phi) is 3.98. The summed E-state index contributed by atoms with van der Waals surface area (Å²) in [5, 5.41) is 9.28. The first kappa shape index (κ1) is 11.9. The van der Waals surface area contributed by atoms with E-state index in [1.165, 1.54) is 10.0 Å². The summed E-state index contributed by atoms with van der Waals surface area (Å²) < 4.78 is 1.27. The van der Waals surface area contributed by atoms with E-state index in [-0.39, 0.29) is 19.8 Å². The number of benzene rings is 2. The number of nitriles is 1. The molecule has 0 fully saturated rings. The quantitative estimate of drug-likeness (QED) is 0.796. The van der Waals surface area contributed by atoms with Crippen molar-refractivity contribution >= 4 is 19.4 Å². The van der Waals surface area contributed by atoms with E-state index in [1.54, 1.807) is 0 Å². The zero-order valence-electron chi connectivity index (χ0n) is 9.63. The zero-order valence-corrected chi connectivity index (χ0v) is 11.3. The number of rotatable bonds is 3. The van der Waals surface area contributed by atoms with Crippen molar-refractivity contribution in [2.75, 3.05) is 0 Å². The molecular formula is C15H13NSe. The van der Waals surface area contributed by atoms with Crippen molar-refractivity contribution in [1.29, 1.82) is 5.26 Å². The number of hydrogen-bond acceptors (Lipinski definition) is 1. The summed E-state index contributed by atoms with van der Waals surface area (Å²) in [6, 6.07) is 20.9. The Balaban J connectivity index is 2.18. The molecule has 0 aromatic heterocycles.